The van der Waals surface area contributed by atoms with Crippen LogP contribution in [0.5, 0.6) is 0 Å². The summed E-state index contributed by atoms with van der Waals surface area (Å²) in [6.45, 7) is 28.5. The van der Waals surface area contributed by atoms with Gasteiger partial charge in [0.1, 0.15) is 0 Å². The fourth-order valence-electron chi connectivity index (χ4n) is 13.6. The van der Waals surface area contributed by atoms with Crippen LogP contribution in [-0.2, 0) is 21.7 Å². The lowest BCUT2D eigenvalue weighted by molar-refractivity contribution is 0.588. The van der Waals surface area contributed by atoms with Gasteiger partial charge in [-0.1, -0.05) is 180 Å². The van der Waals surface area contributed by atoms with Crippen molar-refractivity contribution in [2.75, 3.05) is 0 Å². The van der Waals surface area contributed by atoms with E-state index in [0.717, 1.165) is 5.69 Å². The molecular weight excluding hydrogens is 909 g/mol. The summed E-state index contributed by atoms with van der Waals surface area (Å²) in [4.78, 5) is 0. The average Bonchev–Trinajstić information content (AvgIpc) is 4.21. The quantitative estimate of drug-likeness (QED) is 0.164. The van der Waals surface area contributed by atoms with E-state index in [0.29, 0.717) is 0 Å². The van der Waals surface area contributed by atoms with E-state index in [-0.39, 0.29) is 27.6 Å². The molecule has 2 aliphatic rings. The predicted octanol–water partition coefficient (Wildman–Crippen LogP) is 19.1. The van der Waals surface area contributed by atoms with E-state index in [9.17, 15) is 0 Å². The number of fused-ring (bicyclic) bond motifs is 16. The minimum Gasteiger partial charge on any atom is -0.308 e. The molecule has 0 saturated carbocycles. The number of rotatable bonds is 2. The van der Waals surface area contributed by atoms with Gasteiger partial charge in [0.05, 0.1) is 66.9 Å². The molecule has 0 bridgehead atoms. The summed E-state index contributed by atoms with van der Waals surface area (Å²) < 4.78 is 10.7. The van der Waals surface area contributed by atoms with Crippen LogP contribution in [0.25, 0.3) is 110 Å². The molecule has 13 aromatic rings. The van der Waals surface area contributed by atoms with Gasteiger partial charge in [-0.3, -0.25) is 0 Å². The zero-order valence-corrected chi connectivity index (χ0v) is 45.5. The van der Waals surface area contributed by atoms with Crippen molar-refractivity contribution >= 4 is 87.2 Å². The van der Waals surface area contributed by atoms with Crippen LogP contribution in [0, 0.1) is 0 Å². The first-order valence-electron chi connectivity index (χ1n) is 27.2. The molecule has 75 heavy (non-hydrogen) atoms. The van der Waals surface area contributed by atoms with Crippen LogP contribution in [0.15, 0.2) is 164 Å². The van der Waals surface area contributed by atoms with Gasteiger partial charge < -0.3 is 18.3 Å². The first kappa shape index (κ1) is 44.6. The lowest BCUT2D eigenvalue weighted by Crippen LogP contribution is -2.26. The van der Waals surface area contributed by atoms with Crippen LogP contribution in [0.4, 0.5) is 0 Å². The molecule has 0 amide bonds. The number of nitrogens with zero attached hydrogens (tertiary/aromatic N) is 4. The van der Waals surface area contributed by atoms with E-state index in [2.05, 4.69) is 265 Å². The van der Waals surface area contributed by atoms with E-state index in [1.165, 1.54) is 143 Å². The van der Waals surface area contributed by atoms with Gasteiger partial charge in [-0.15, -0.1) is 0 Å². The third kappa shape index (κ3) is 5.94. The molecule has 368 valence electrons. The molecule has 2 aliphatic heterocycles. The Balaban J connectivity index is 1.27. The molecule has 9 aromatic carbocycles. The molecule has 15 rings (SSSR count). The summed E-state index contributed by atoms with van der Waals surface area (Å²) >= 11 is 0. The van der Waals surface area contributed by atoms with Gasteiger partial charge in [-0.2, -0.15) is 0 Å². The van der Waals surface area contributed by atoms with E-state index in [4.69, 9.17) is 0 Å². The monoisotopic (exact) mass is 973 g/mol. The van der Waals surface area contributed by atoms with Crippen LogP contribution in [0.2, 0.25) is 0 Å². The molecule has 1 unspecified atom stereocenters. The summed E-state index contributed by atoms with van der Waals surface area (Å²) in [5.74, 6) is -0.0820. The molecule has 1 atom stereocenters. The predicted molar refractivity (Wildman–Crippen MR) is 320 cm³/mol. The van der Waals surface area contributed by atoms with Crippen LogP contribution in [0.3, 0.4) is 0 Å². The highest BCUT2D eigenvalue weighted by Gasteiger charge is 2.43. The number of benzene rings is 9. The summed E-state index contributed by atoms with van der Waals surface area (Å²) in [5.41, 5.74) is 24.0. The van der Waals surface area contributed by atoms with E-state index in [1.54, 1.807) is 0 Å². The fraction of sp³-hybridized carbons (Fsp3) is 0.239. The second kappa shape index (κ2) is 14.5. The fourth-order valence-corrected chi connectivity index (χ4v) is 13.6. The van der Waals surface area contributed by atoms with Gasteiger partial charge in [0, 0.05) is 54.6 Å². The Kier molecular flexibility index (Phi) is 8.64. The molecule has 0 fully saturated rings. The molecular formula is C71H64N4. The normalized spacial score (nSPS) is 14.8. The summed E-state index contributed by atoms with van der Waals surface area (Å²) in [5, 5.41) is 10.3. The lowest BCUT2D eigenvalue weighted by Gasteiger charge is -2.39. The summed E-state index contributed by atoms with van der Waals surface area (Å²) in [7, 11) is 0. The largest absolute Gasteiger partial charge is 0.308 e. The molecule has 4 nitrogen and oxygen atoms in total. The Morgan fingerprint density at radius 3 is 1.07 bits per heavy atom. The Morgan fingerprint density at radius 1 is 0.280 bits per heavy atom. The molecule has 0 spiro atoms. The highest BCUT2D eigenvalue weighted by Crippen LogP contribution is 2.59. The van der Waals surface area contributed by atoms with Crippen molar-refractivity contribution in [1.29, 1.82) is 0 Å². The molecule has 0 radical (unpaired) electrons. The molecule has 0 saturated heterocycles. The van der Waals surface area contributed by atoms with Crippen LogP contribution >= 0.6 is 0 Å². The van der Waals surface area contributed by atoms with Gasteiger partial charge in [-0.25, -0.2) is 0 Å². The maximum Gasteiger partial charge on any atom is 0.0951 e. The molecule has 0 N–H and O–H groups in total. The standard InChI is InChI=1S/C71H64N4/c1-68(2,3)40-29-31-58-48(33-40)50-35-42(70(7,8)9)37-52-62-53-38-43(71(10,11)12)36-51-49-34-41(69(4,5)6)30-32-59(49)75(65(51)53)67-63(62)60(74(58)64(50)52)39-61(72-54-25-17-13-21-44(54)45-22-14-18-26-55(45)72)66(67)73-56-27-19-15-23-46(56)47-24-16-20-28-57(47)73/h13-39,62H,1-12H3. The second-order valence-electron chi connectivity index (χ2n) is 26.3. The Morgan fingerprint density at radius 2 is 0.640 bits per heavy atom. The Bertz CT molecular complexity index is 4570. The Labute approximate surface area is 439 Å². The second-order valence-corrected chi connectivity index (χ2v) is 26.3. The van der Waals surface area contributed by atoms with Crippen molar-refractivity contribution in [1.82, 2.24) is 18.3 Å². The van der Waals surface area contributed by atoms with E-state index in [1.807, 2.05) is 0 Å². The van der Waals surface area contributed by atoms with Crippen LogP contribution < -0.4 is 0 Å². The van der Waals surface area contributed by atoms with Gasteiger partial charge in [0.2, 0.25) is 0 Å². The van der Waals surface area contributed by atoms with Gasteiger partial charge in [-0.05, 0) is 122 Å². The molecule has 0 aliphatic carbocycles. The lowest BCUT2D eigenvalue weighted by atomic mass is 9.73. The molecule has 4 aromatic heterocycles. The van der Waals surface area contributed by atoms with Crippen LogP contribution in [0.1, 0.15) is 128 Å². The van der Waals surface area contributed by atoms with Crippen LogP contribution in [-0.4, -0.2) is 18.3 Å². The van der Waals surface area contributed by atoms with Crippen molar-refractivity contribution < 1.29 is 0 Å². The topological polar surface area (TPSA) is 19.7 Å². The SMILES string of the molecule is CC(C)(C)c1ccc2c(c1)c1cc(C(C)(C)C)cc3c1n2-c1cc(-n2c4ccccc4c4ccccc42)c(-n2c4ccccc4c4ccccc42)c2c1C3c1cc(C(C)(C)C)cc3c4cc(C(C)(C)C)ccc4n-2c13. The molecule has 4 heteroatoms. The minimum atomic E-state index is -0.103. The van der Waals surface area contributed by atoms with Crippen molar-refractivity contribution in [3.05, 3.63) is 203 Å². The smallest absolute Gasteiger partial charge is 0.0951 e. The van der Waals surface area contributed by atoms with E-state index >= 15 is 0 Å². The number of para-hydroxylation sites is 4. The number of hydrogen-bond donors (Lipinski definition) is 0. The molecule has 6 heterocycles. The maximum absolute atomic E-state index is 2.74. The third-order valence-electron chi connectivity index (χ3n) is 17.5. The number of hydrogen-bond acceptors (Lipinski definition) is 0. The first-order valence-corrected chi connectivity index (χ1v) is 27.2. The average molecular weight is 973 g/mol. The highest BCUT2D eigenvalue weighted by molar-refractivity contribution is 6.18. The first-order chi connectivity index (χ1) is 35.8. The van der Waals surface area contributed by atoms with Gasteiger partial charge in [0.25, 0.3) is 0 Å². The summed E-state index contributed by atoms with van der Waals surface area (Å²) in [6.07, 6.45) is 0. The van der Waals surface area contributed by atoms with Crippen molar-refractivity contribution in [2.45, 2.75) is 111 Å². The summed E-state index contributed by atoms with van der Waals surface area (Å²) in [6, 6.07) is 64.0. The van der Waals surface area contributed by atoms with Gasteiger partial charge >= 0.3 is 0 Å². The minimum absolute atomic E-state index is 0.0266. The van der Waals surface area contributed by atoms with E-state index < -0.39 is 0 Å². The van der Waals surface area contributed by atoms with Gasteiger partial charge in [0.15, 0.2) is 0 Å². The number of aromatic nitrogens is 4. The highest BCUT2D eigenvalue weighted by atomic mass is 15.1. The van der Waals surface area contributed by atoms with Crippen molar-refractivity contribution in [3.8, 4) is 22.7 Å². The maximum atomic E-state index is 2.74. The van der Waals surface area contributed by atoms with Crippen molar-refractivity contribution in [2.24, 2.45) is 0 Å². The van der Waals surface area contributed by atoms with Crippen molar-refractivity contribution in [3.63, 3.8) is 0 Å². The Hall–Kier alpha value is -7.82. The zero-order valence-electron chi connectivity index (χ0n) is 45.5. The zero-order chi connectivity index (χ0) is 51.6. The third-order valence-corrected chi connectivity index (χ3v) is 17.5.